The van der Waals surface area contributed by atoms with Crippen molar-refractivity contribution in [2.75, 3.05) is 26.8 Å². The first-order valence-corrected chi connectivity index (χ1v) is 8.14. The Kier molecular flexibility index (Phi) is 5.97. The number of hydrogen-bond donors (Lipinski definition) is 1. The molecule has 1 fully saturated rings. The van der Waals surface area contributed by atoms with E-state index in [0.29, 0.717) is 22.5 Å². The van der Waals surface area contributed by atoms with Gasteiger partial charge in [-0.1, -0.05) is 15.9 Å². The highest BCUT2D eigenvalue weighted by Crippen LogP contribution is 2.20. The Morgan fingerprint density at radius 2 is 1.91 bits per heavy atom. The third-order valence-electron chi connectivity index (χ3n) is 3.95. The Morgan fingerprint density at radius 1 is 1.27 bits per heavy atom. The number of nitrogens with zero attached hydrogens (tertiary/aromatic N) is 1. The molecule has 0 aromatic heterocycles. The molecule has 1 N–H and O–H groups in total. The van der Waals surface area contributed by atoms with Gasteiger partial charge in [-0.15, -0.1) is 0 Å². The van der Waals surface area contributed by atoms with Crippen LogP contribution in [0.15, 0.2) is 22.7 Å². The zero-order chi connectivity index (χ0) is 16.1. The number of carboxylic acid groups (broad SMARTS) is 1. The van der Waals surface area contributed by atoms with Crippen LogP contribution in [0.4, 0.5) is 0 Å². The summed E-state index contributed by atoms with van der Waals surface area (Å²) in [5.41, 5.74) is 0.497. The molecule has 22 heavy (non-hydrogen) atoms. The summed E-state index contributed by atoms with van der Waals surface area (Å²) >= 11 is 3.25. The van der Waals surface area contributed by atoms with Gasteiger partial charge in [0.2, 0.25) is 0 Å². The summed E-state index contributed by atoms with van der Waals surface area (Å²) in [5, 5.41) is 9.07. The lowest BCUT2D eigenvalue weighted by Crippen LogP contribution is -2.30. The minimum atomic E-state index is -1.04. The number of amides is 1. The molecule has 120 valence electrons. The molecule has 0 unspecified atom stereocenters. The van der Waals surface area contributed by atoms with Crippen molar-refractivity contribution in [1.82, 2.24) is 4.90 Å². The molecule has 5 nitrogen and oxygen atoms in total. The first-order valence-electron chi connectivity index (χ1n) is 7.34. The molecule has 1 aromatic carbocycles. The van der Waals surface area contributed by atoms with E-state index in [1.165, 1.54) is 12.1 Å². The molecule has 0 aliphatic carbocycles. The van der Waals surface area contributed by atoms with E-state index in [2.05, 4.69) is 15.9 Å². The van der Waals surface area contributed by atoms with Crippen LogP contribution in [0.25, 0.3) is 0 Å². The van der Waals surface area contributed by atoms with E-state index in [0.717, 1.165) is 32.5 Å². The monoisotopic (exact) mass is 369 g/mol. The number of carbonyl (C=O) groups is 2. The molecule has 0 atom stereocenters. The van der Waals surface area contributed by atoms with Gasteiger partial charge < -0.3 is 14.7 Å². The van der Waals surface area contributed by atoms with Crippen LogP contribution < -0.4 is 0 Å². The Balaban J connectivity index is 1.99. The largest absolute Gasteiger partial charge is 0.478 e. The maximum absolute atomic E-state index is 12.4. The van der Waals surface area contributed by atoms with Crippen molar-refractivity contribution in [2.24, 2.45) is 5.92 Å². The van der Waals surface area contributed by atoms with Crippen LogP contribution in [0, 0.1) is 5.92 Å². The molecule has 1 aromatic rings. The molecule has 1 amide bonds. The van der Waals surface area contributed by atoms with Gasteiger partial charge in [0.05, 0.1) is 5.56 Å². The lowest BCUT2D eigenvalue weighted by molar-refractivity contribution is 0.0583. The summed E-state index contributed by atoms with van der Waals surface area (Å²) in [6.07, 6.45) is 3.04. The molecule has 2 rings (SSSR count). The zero-order valence-corrected chi connectivity index (χ0v) is 14.1. The number of carbonyl (C=O) groups excluding carboxylic acids is 1. The van der Waals surface area contributed by atoms with Crippen molar-refractivity contribution in [3.63, 3.8) is 0 Å². The minimum Gasteiger partial charge on any atom is -0.478 e. The summed E-state index contributed by atoms with van der Waals surface area (Å²) in [6, 6.07) is 4.56. The second-order valence-corrected chi connectivity index (χ2v) is 6.52. The average molecular weight is 370 g/mol. The van der Waals surface area contributed by atoms with Crippen molar-refractivity contribution >= 4 is 27.8 Å². The van der Waals surface area contributed by atoms with E-state index in [4.69, 9.17) is 9.84 Å². The van der Waals surface area contributed by atoms with Crippen LogP contribution in [-0.4, -0.2) is 48.7 Å². The smallest absolute Gasteiger partial charge is 0.335 e. The van der Waals surface area contributed by atoms with Crippen molar-refractivity contribution in [1.29, 1.82) is 0 Å². The van der Waals surface area contributed by atoms with Gasteiger partial charge >= 0.3 is 5.97 Å². The molecule has 1 aliphatic rings. The van der Waals surface area contributed by atoms with Crippen molar-refractivity contribution < 1.29 is 19.4 Å². The molecule has 1 heterocycles. The third kappa shape index (κ3) is 4.55. The van der Waals surface area contributed by atoms with Crippen molar-refractivity contribution in [2.45, 2.75) is 19.3 Å². The van der Waals surface area contributed by atoms with E-state index in [-0.39, 0.29) is 11.5 Å². The standard InChI is InChI=1S/C16H20BrNO4/c1-18(5-2-11-3-6-22-7-4-11)15(19)12-8-13(16(20)21)10-14(17)9-12/h8-11H,2-7H2,1H3,(H,20,21). The summed E-state index contributed by atoms with van der Waals surface area (Å²) < 4.78 is 5.92. The fraction of sp³-hybridized carbons (Fsp3) is 0.500. The SMILES string of the molecule is CN(CCC1CCOCC1)C(=O)c1cc(Br)cc(C(=O)O)c1. The van der Waals surface area contributed by atoms with Gasteiger partial charge in [0, 0.05) is 36.8 Å². The number of hydrogen-bond acceptors (Lipinski definition) is 3. The van der Waals surface area contributed by atoms with Gasteiger partial charge in [-0.2, -0.15) is 0 Å². The molecular formula is C16H20BrNO4. The molecule has 1 aliphatic heterocycles. The molecule has 1 saturated heterocycles. The lowest BCUT2D eigenvalue weighted by Gasteiger charge is -2.25. The Hall–Kier alpha value is -1.40. The third-order valence-corrected chi connectivity index (χ3v) is 4.41. The Labute approximate surface area is 138 Å². The number of aromatic carboxylic acids is 1. The van der Waals surface area contributed by atoms with Crippen LogP contribution >= 0.6 is 15.9 Å². The van der Waals surface area contributed by atoms with Gasteiger partial charge in [0.15, 0.2) is 0 Å². The first kappa shape index (κ1) is 17.0. The van der Waals surface area contributed by atoms with Gasteiger partial charge in [0.1, 0.15) is 0 Å². The number of benzene rings is 1. The minimum absolute atomic E-state index is 0.107. The van der Waals surface area contributed by atoms with Crippen LogP contribution in [0.2, 0.25) is 0 Å². The lowest BCUT2D eigenvalue weighted by atomic mass is 9.96. The van der Waals surface area contributed by atoms with Crippen molar-refractivity contribution in [3.05, 3.63) is 33.8 Å². The van der Waals surface area contributed by atoms with Crippen LogP contribution in [0.3, 0.4) is 0 Å². The van der Waals surface area contributed by atoms with E-state index in [9.17, 15) is 9.59 Å². The van der Waals surface area contributed by atoms with Crippen LogP contribution in [0.1, 0.15) is 40.0 Å². The summed E-state index contributed by atoms with van der Waals surface area (Å²) in [6.45, 7) is 2.27. The van der Waals surface area contributed by atoms with E-state index in [1.54, 1.807) is 18.0 Å². The highest BCUT2D eigenvalue weighted by atomic mass is 79.9. The van der Waals surface area contributed by atoms with Crippen molar-refractivity contribution in [3.8, 4) is 0 Å². The van der Waals surface area contributed by atoms with Crippen LogP contribution in [-0.2, 0) is 4.74 Å². The molecule has 0 spiro atoms. The predicted molar refractivity (Wildman–Crippen MR) is 86.2 cm³/mol. The normalized spacial score (nSPS) is 15.5. The highest BCUT2D eigenvalue weighted by Gasteiger charge is 2.18. The van der Waals surface area contributed by atoms with E-state index >= 15 is 0 Å². The number of rotatable bonds is 5. The predicted octanol–water partition coefficient (Wildman–Crippen LogP) is 3.04. The Bertz CT molecular complexity index is 555. The van der Waals surface area contributed by atoms with Gasteiger partial charge in [-0.25, -0.2) is 4.79 Å². The summed E-state index contributed by atoms with van der Waals surface area (Å²) in [4.78, 5) is 25.2. The summed E-state index contributed by atoms with van der Waals surface area (Å²) in [5.74, 6) is -0.600. The topological polar surface area (TPSA) is 66.8 Å². The quantitative estimate of drug-likeness (QED) is 0.865. The Morgan fingerprint density at radius 3 is 2.55 bits per heavy atom. The number of ether oxygens (including phenoxy) is 1. The molecule has 0 radical (unpaired) electrons. The maximum Gasteiger partial charge on any atom is 0.335 e. The maximum atomic E-state index is 12.4. The second kappa shape index (κ2) is 7.74. The molecule has 0 saturated carbocycles. The fourth-order valence-corrected chi connectivity index (χ4v) is 3.06. The average Bonchev–Trinajstić information content (AvgIpc) is 2.52. The molecular weight excluding hydrogens is 350 g/mol. The highest BCUT2D eigenvalue weighted by molar-refractivity contribution is 9.10. The molecule has 6 heteroatoms. The fourth-order valence-electron chi connectivity index (χ4n) is 2.57. The van der Waals surface area contributed by atoms with E-state index < -0.39 is 5.97 Å². The second-order valence-electron chi connectivity index (χ2n) is 5.60. The number of halogens is 1. The molecule has 0 bridgehead atoms. The summed E-state index contributed by atoms with van der Waals surface area (Å²) in [7, 11) is 1.75. The number of carboxylic acids is 1. The zero-order valence-electron chi connectivity index (χ0n) is 12.5. The van der Waals surface area contributed by atoms with Gasteiger partial charge in [-0.05, 0) is 43.4 Å². The van der Waals surface area contributed by atoms with Gasteiger partial charge in [0.25, 0.3) is 5.91 Å². The first-order chi connectivity index (χ1) is 10.5. The van der Waals surface area contributed by atoms with Gasteiger partial charge in [-0.3, -0.25) is 4.79 Å². The van der Waals surface area contributed by atoms with E-state index in [1.807, 2.05) is 0 Å². The van der Waals surface area contributed by atoms with Crippen LogP contribution in [0.5, 0.6) is 0 Å².